The van der Waals surface area contributed by atoms with Crippen molar-refractivity contribution in [2.75, 3.05) is 10.7 Å². The molecule has 5 heteroatoms. The molecule has 0 atom stereocenters. The van der Waals surface area contributed by atoms with Crippen molar-refractivity contribution >= 4 is 11.6 Å². The molecule has 0 bridgehead atoms. The van der Waals surface area contributed by atoms with Crippen molar-refractivity contribution < 1.29 is 0 Å². The van der Waals surface area contributed by atoms with Crippen molar-refractivity contribution in [2.45, 2.75) is 58.9 Å². The third-order valence-corrected chi connectivity index (χ3v) is 2.74. The molecule has 18 heavy (non-hydrogen) atoms. The lowest BCUT2D eigenvalue weighted by atomic mass is 9.99. The first kappa shape index (κ1) is 14.7. The van der Waals surface area contributed by atoms with Gasteiger partial charge >= 0.3 is 0 Å². The number of rotatable bonds is 7. The predicted octanol–water partition coefficient (Wildman–Crippen LogP) is 2.71. The first-order chi connectivity index (χ1) is 8.50. The number of nitrogens with two attached hydrogens (primary N) is 1. The van der Waals surface area contributed by atoms with Crippen LogP contribution in [-0.2, 0) is 6.42 Å². The number of nitrogens with one attached hydrogen (secondary N) is 2. The van der Waals surface area contributed by atoms with Gasteiger partial charge in [0.1, 0.15) is 17.5 Å². The minimum Gasteiger partial charge on any atom is -0.365 e. The fourth-order valence-corrected chi connectivity index (χ4v) is 2.00. The molecule has 102 valence electrons. The van der Waals surface area contributed by atoms with Crippen molar-refractivity contribution in [3.63, 3.8) is 0 Å². The Kier molecular flexibility index (Phi) is 5.34. The van der Waals surface area contributed by atoms with Crippen molar-refractivity contribution in [1.29, 1.82) is 0 Å². The van der Waals surface area contributed by atoms with E-state index in [2.05, 4.69) is 48.4 Å². The normalized spacial score (nSPS) is 11.4. The summed E-state index contributed by atoms with van der Waals surface area (Å²) in [5.74, 6) is 7.75. The van der Waals surface area contributed by atoms with Gasteiger partial charge in [0.05, 0.1) is 0 Å². The highest BCUT2D eigenvalue weighted by Gasteiger charge is 2.17. The van der Waals surface area contributed by atoms with E-state index in [-0.39, 0.29) is 5.54 Å². The molecule has 1 heterocycles. The second kappa shape index (κ2) is 6.54. The lowest BCUT2D eigenvalue weighted by Crippen LogP contribution is -2.31. The lowest BCUT2D eigenvalue weighted by molar-refractivity contribution is 0.508. The summed E-state index contributed by atoms with van der Waals surface area (Å²) >= 11 is 0. The molecule has 0 spiro atoms. The molecule has 0 amide bonds. The maximum atomic E-state index is 5.44. The molecule has 0 unspecified atom stereocenters. The topological polar surface area (TPSA) is 75.9 Å². The average molecular weight is 251 g/mol. The summed E-state index contributed by atoms with van der Waals surface area (Å²) in [5.41, 5.74) is 2.62. The van der Waals surface area contributed by atoms with Crippen molar-refractivity contribution in [2.24, 2.45) is 5.84 Å². The second-order valence-corrected chi connectivity index (χ2v) is 5.21. The summed E-state index contributed by atoms with van der Waals surface area (Å²) < 4.78 is 0. The number of aromatic nitrogens is 2. The molecule has 0 fully saturated rings. The molecule has 5 nitrogen and oxygen atoms in total. The quantitative estimate of drug-likeness (QED) is 0.513. The first-order valence-electron chi connectivity index (χ1n) is 6.63. The van der Waals surface area contributed by atoms with Gasteiger partial charge < -0.3 is 10.7 Å². The van der Waals surface area contributed by atoms with Gasteiger partial charge in [0.25, 0.3) is 0 Å². The van der Waals surface area contributed by atoms with E-state index >= 15 is 0 Å². The van der Waals surface area contributed by atoms with Gasteiger partial charge in [-0.2, -0.15) is 0 Å². The summed E-state index contributed by atoms with van der Waals surface area (Å²) in [6, 6.07) is 1.84. The van der Waals surface area contributed by atoms with Crippen LogP contribution in [0.5, 0.6) is 0 Å². The van der Waals surface area contributed by atoms with Crippen LogP contribution in [-0.4, -0.2) is 15.5 Å². The highest BCUT2D eigenvalue weighted by atomic mass is 15.3. The Hall–Kier alpha value is -1.36. The molecule has 0 saturated carbocycles. The van der Waals surface area contributed by atoms with Crippen molar-refractivity contribution in [3.8, 4) is 0 Å². The summed E-state index contributed by atoms with van der Waals surface area (Å²) in [6.07, 6.45) is 4.10. The van der Waals surface area contributed by atoms with Gasteiger partial charge in [-0.1, -0.05) is 20.3 Å². The maximum absolute atomic E-state index is 5.44. The Bertz CT molecular complexity index is 376. The van der Waals surface area contributed by atoms with Crippen molar-refractivity contribution in [3.05, 3.63) is 11.9 Å². The second-order valence-electron chi connectivity index (χ2n) is 5.21. The minimum absolute atomic E-state index is 0.0262. The van der Waals surface area contributed by atoms with Crippen LogP contribution in [0.4, 0.5) is 11.6 Å². The van der Waals surface area contributed by atoms with Crippen molar-refractivity contribution in [1.82, 2.24) is 9.97 Å². The van der Waals surface area contributed by atoms with Gasteiger partial charge in [0.15, 0.2) is 0 Å². The monoisotopic (exact) mass is 251 g/mol. The Morgan fingerprint density at radius 3 is 2.39 bits per heavy atom. The average Bonchev–Trinajstić information content (AvgIpc) is 2.28. The number of hydrazine groups is 1. The number of hydrogen-bond acceptors (Lipinski definition) is 5. The SMILES string of the molecule is CCCc1nc(NN)cc(NC(C)(C)CCC)n1. The van der Waals surface area contributed by atoms with Crippen LogP contribution >= 0.6 is 0 Å². The molecule has 1 rings (SSSR count). The predicted molar refractivity (Wildman–Crippen MR) is 76.4 cm³/mol. The molecule has 0 aliphatic rings. The highest BCUT2D eigenvalue weighted by molar-refractivity contribution is 5.48. The third kappa shape index (κ3) is 4.49. The number of hydrogen-bond donors (Lipinski definition) is 3. The highest BCUT2D eigenvalue weighted by Crippen LogP contribution is 2.20. The largest absolute Gasteiger partial charge is 0.365 e. The number of anilines is 2. The Morgan fingerprint density at radius 2 is 1.83 bits per heavy atom. The fraction of sp³-hybridized carbons (Fsp3) is 0.692. The molecular formula is C13H25N5. The third-order valence-electron chi connectivity index (χ3n) is 2.74. The van der Waals surface area contributed by atoms with Gasteiger partial charge in [-0.25, -0.2) is 15.8 Å². The fourth-order valence-electron chi connectivity index (χ4n) is 2.00. The van der Waals surface area contributed by atoms with E-state index in [0.717, 1.165) is 37.3 Å². The maximum Gasteiger partial charge on any atom is 0.145 e. The van der Waals surface area contributed by atoms with Crippen LogP contribution in [0.3, 0.4) is 0 Å². The molecule has 0 aliphatic carbocycles. The number of nitrogen functional groups attached to an aromatic ring is 1. The van der Waals surface area contributed by atoms with Gasteiger partial charge in [-0.15, -0.1) is 0 Å². The molecule has 0 aromatic carbocycles. The Balaban J connectivity index is 2.90. The van der Waals surface area contributed by atoms with Gasteiger partial charge in [-0.05, 0) is 26.7 Å². The summed E-state index contributed by atoms with van der Waals surface area (Å²) in [6.45, 7) is 8.64. The number of nitrogens with zero attached hydrogens (tertiary/aromatic N) is 2. The van der Waals surface area contributed by atoms with Gasteiger partial charge in [0, 0.05) is 18.0 Å². The van der Waals surface area contributed by atoms with E-state index in [1.54, 1.807) is 0 Å². The van der Waals surface area contributed by atoms with E-state index in [1.165, 1.54) is 0 Å². The van der Waals surface area contributed by atoms with E-state index < -0.39 is 0 Å². The smallest absolute Gasteiger partial charge is 0.145 e. The van der Waals surface area contributed by atoms with Crippen LogP contribution in [0.1, 0.15) is 52.8 Å². The molecule has 0 saturated heterocycles. The number of aryl methyl sites for hydroxylation is 1. The molecule has 0 aliphatic heterocycles. The molecular weight excluding hydrogens is 226 g/mol. The summed E-state index contributed by atoms with van der Waals surface area (Å²) in [5, 5.41) is 3.45. The Morgan fingerprint density at radius 1 is 1.17 bits per heavy atom. The Labute approximate surface area is 110 Å². The van der Waals surface area contributed by atoms with E-state index in [0.29, 0.717) is 5.82 Å². The molecule has 1 aromatic rings. The summed E-state index contributed by atoms with van der Waals surface area (Å²) in [4.78, 5) is 8.85. The minimum atomic E-state index is 0.0262. The first-order valence-corrected chi connectivity index (χ1v) is 6.63. The summed E-state index contributed by atoms with van der Waals surface area (Å²) in [7, 11) is 0. The van der Waals surface area contributed by atoms with Crippen LogP contribution in [0.2, 0.25) is 0 Å². The molecule has 1 aromatic heterocycles. The molecule has 4 N–H and O–H groups in total. The van der Waals surface area contributed by atoms with E-state index in [9.17, 15) is 0 Å². The van der Waals surface area contributed by atoms with Gasteiger partial charge in [0.2, 0.25) is 0 Å². The van der Waals surface area contributed by atoms with Crippen LogP contribution in [0, 0.1) is 0 Å². The molecule has 0 radical (unpaired) electrons. The van der Waals surface area contributed by atoms with Crippen LogP contribution in [0.25, 0.3) is 0 Å². The van der Waals surface area contributed by atoms with Crippen LogP contribution < -0.4 is 16.6 Å². The standard InChI is InChI=1S/C13H25N5/c1-5-7-10-15-11(9-12(16-10)18-14)17-13(3,4)8-6-2/h9H,5-8,14H2,1-4H3,(H2,15,16,17,18). The zero-order valence-electron chi connectivity index (χ0n) is 11.9. The zero-order valence-corrected chi connectivity index (χ0v) is 11.9. The zero-order chi connectivity index (χ0) is 13.6. The van der Waals surface area contributed by atoms with E-state index in [1.807, 2.05) is 6.07 Å². The van der Waals surface area contributed by atoms with Crippen LogP contribution in [0.15, 0.2) is 6.07 Å². The van der Waals surface area contributed by atoms with E-state index in [4.69, 9.17) is 5.84 Å². The van der Waals surface area contributed by atoms with Gasteiger partial charge in [-0.3, -0.25) is 0 Å². The lowest BCUT2D eigenvalue weighted by Gasteiger charge is -2.26.